The second-order valence-electron chi connectivity index (χ2n) is 6.60. The van der Waals surface area contributed by atoms with Gasteiger partial charge in [0, 0.05) is 24.7 Å². The summed E-state index contributed by atoms with van der Waals surface area (Å²) < 4.78 is 45.1. The molecule has 0 aliphatic carbocycles. The van der Waals surface area contributed by atoms with Gasteiger partial charge in [-0.25, -0.2) is 12.8 Å². The predicted molar refractivity (Wildman–Crippen MR) is 119 cm³/mol. The van der Waals surface area contributed by atoms with Crippen LogP contribution in [0.15, 0.2) is 69.0 Å². The third kappa shape index (κ3) is 5.01. The van der Waals surface area contributed by atoms with Crippen LogP contribution in [0.3, 0.4) is 0 Å². The van der Waals surface area contributed by atoms with Crippen LogP contribution in [-0.4, -0.2) is 37.0 Å². The van der Waals surface area contributed by atoms with E-state index in [2.05, 4.69) is 10.5 Å². The molecule has 0 bridgehead atoms. The Morgan fingerprint density at radius 1 is 1.12 bits per heavy atom. The Labute approximate surface area is 184 Å². The van der Waals surface area contributed by atoms with Gasteiger partial charge in [0.05, 0.1) is 16.0 Å². The van der Waals surface area contributed by atoms with Crippen LogP contribution in [0.2, 0.25) is 0 Å². The molecular formula is C21H21FN4O5S. The number of rotatable bonds is 9. The molecule has 0 fully saturated rings. The number of anilines is 1. The van der Waals surface area contributed by atoms with Gasteiger partial charge in [-0.3, -0.25) is 15.5 Å². The maximum absolute atomic E-state index is 13.0. The van der Waals surface area contributed by atoms with E-state index in [-0.39, 0.29) is 29.5 Å². The van der Waals surface area contributed by atoms with E-state index in [0.29, 0.717) is 17.1 Å². The average molecular weight is 460 g/mol. The van der Waals surface area contributed by atoms with Crippen molar-refractivity contribution in [3.63, 3.8) is 0 Å². The molecule has 3 rings (SSSR count). The second-order valence-corrected chi connectivity index (χ2v) is 8.54. The maximum atomic E-state index is 13.0. The van der Waals surface area contributed by atoms with Crippen molar-refractivity contribution in [3.8, 4) is 11.3 Å². The van der Waals surface area contributed by atoms with E-state index >= 15 is 0 Å². The zero-order chi connectivity index (χ0) is 23.3. The topological polar surface area (TPSA) is 118 Å². The van der Waals surface area contributed by atoms with Crippen LogP contribution in [0.1, 0.15) is 19.6 Å². The van der Waals surface area contributed by atoms with E-state index in [4.69, 9.17) is 4.42 Å². The average Bonchev–Trinajstić information content (AvgIpc) is 3.23. The Hall–Kier alpha value is -3.57. The molecule has 1 heterocycles. The highest BCUT2D eigenvalue weighted by molar-refractivity contribution is 7.89. The molecule has 0 unspecified atom stereocenters. The number of hydrogen-bond acceptors (Lipinski definition) is 7. The number of nitro benzene ring substituents is 1. The first-order valence-corrected chi connectivity index (χ1v) is 11.1. The molecule has 0 saturated carbocycles. The number of halogens is 1. The summed E-state index contributed by atoms with van der Waals surface area (Å²) in [6.45, 7) is 3.88. The van der Waals surface area contributed by atoms with Crippen molar-refractivity contribution in [2.75, 3.05) is 18.5 Å². The molecule has 0 aliphatic rings. The van der Waals surface area contributed by atoms with Crippen molar-refractivity contribution >= 4 is 27.6 Å². The Balaban J connectivity index is 1.80. The first-order valence-electron chi connectivity index (χ1n) is 9.69. The second kappa shape index (κ2) is 9.71. The molecule has 9 nitrogen and oxygen atoms in total. The van der Waals surface area contributed by atoms with Crippen molar-refractivity contribution in [1.29, 1.82) is 0 Å². The Kier molecular flexibility index (Phi) is 7.01. The molecule has 0 atom stereocenters. The van der Waals surface area contributed by atoms with Gasteiger partial charge in [-0.1, -0.05) is 13.8 Å². The van der Waals surface area contributed by atoms with Crippen molar-refractivity contribution in [1.82, 2.24) is 4.31 Å². The lowest BCUT2D eigenvalue weighted by atomic mass is 10.2. The molecule has 3 aromatic rings. The highest BCUT2D eigenvalue weighted by atomic mass is 32.2. The SMILES string of the molecule is CCN(CC)S(=O)(=O)c1ccc(N/N=C/c2ccc(-c3ccc(F)cc3)o2)c([N+](=O)[O-])c1. The zero-order valence-corrected chi connectivity index (χ0v) is 18.2. The quantitative estimate of drug-likeness (QED) is 0.286. The number of nitrogens with zero attached hydrogens (tertiary/aromatic N) is 3. The largest absolute Gasteiger partial charge is 0.455 e. The molecular weight excluding hydrogens is 439 g/mol. The number of nitrogens with one attached hydrogen (secondary N) is 1. The standard InChI is InChI=1S/C21H21FN4O5S/c1-3-25(4-2)32(29,30)18-10-11-19(20(13-18)26(27)28)24-23-14-17-9-12-21(31-17)15-5-7-16(22)8-6-15/h5-14,24H,3-4H2,1-2H3/b23-14+. The highest BCUT2D eigenvalue weighted by Crippen LogP contribution is 2.29. The minimum Gasteiger partial charge on any atom is -0.455 e. The molecule has 0 saturated heterocycles. The van der Waals surface area contributed by atoms with Gasteiger partial charge in [0.1, 0.15) is 23.0 Å². The van der Waals surface area contributed by atoms with Gasteiger partial charge >= 0.3 is 0 Å². The summed E-state index contributed by atoms with van der Waals surface area (Å²) in [5.74, 6) is 0.507. The summed E-state index contributed by atoms with van der Waals surface area (Å²) in [4.78, 5) is 10.6. The van der Waals surface area contributed by atoms with Gasteiger partial charge in [-0.15, -0.1) is 0 Å². The minimum atomic E-state index is -3.84. The van der Waals surface area contributed by atoms with Crippen molar-refractivity contribution in [2.45, 2.75) is 18.7 Å². The van der Waals surface area contributed by atoms with Crippen LogP contribution in [0.25, 0.3) is 11.3 Å². The van der Waals surface area contributed by atoms with Crippen LogP contribution < -0.4 is 5.43 Å². The third-order valence-electron chi connectivity index (χ3n) is 4.64. The van der Waals surface area contributed by atoms with E-state index in [1.807, 2.05) is 0 Å². The molecule has 0 spiro atoms. The predicted octanol–water partition coefficient (Wildman–Crippen LogP) is 4.47. The van der Waals surface area contributed by atoms with Crippen LogP contribution in [0.4, 0.5) is 15.8 Å². The summed E-state index contributed by atoms with van der Waals surface area (Å²) in [6.07, 6.45) is 1.32. The van der Waals surface area contributed by atoms with E-state index < -0.39 is 20.6 Å². The van der Waals surface area contributed by atoms with Gasteiger partial charge in [0.2, 0.25) is 10.0 Å². The van der Waals surface area contributed by atoms with E-state index in [0.717, 1.165) is 6.07 Å². The zero-order valence-electron chi connectivity index (χ0n) is 17.4. The lowest BCUT2D eigenvalue weighted by Gasteiger charge is -2.18. The van der Waals surface area contributed by atoms with Gasteiger partial charge in [-0.2, -0.15) is 9.41 Å². The fraction of sp³-hybridized carbons (Fsp3) is 0.190. The van der Waals surface area contributed by atoms with Gasteiger partial charge < -0.3 is 4.42 Å². The van der Waals surface area contributed by atoms with E-state index in [1.165, 1.54) is 34.8 Å². The number of nitro groups is 1. The maximum Gasteiger partial charge on any atom is 0.295 e. The minimum absolute atomic E-state index is 0.0232. The van der Waals surface area contributed by atoms with Gasteiger partial charge in [-0.05, 0) is 48.5 Å². The third-order valence-corrected chi connectivity index (χ3v) is 6.69. The first-order chi connectivity index (χ1) is 15.3. The summed E-state index contributed by atoms with van der Waals surface area (Å²) in [6, 6.07) is 12.7. The molecule has 0 radical (unpaired) electrons. The number of sulfonamides is 1. The molecule has 1 aromatic heterocycles. The summed E-state index contributed by atoms with van der Waals surface area (Å²) in [7, 11) is -3.84. The molecule has 0 amide bonds. The van der Waals surface area contributed by atoms with Crippen molar-refractivity contribution in [2.24, 2.45) is 5.10 Å². The molecule has 2 aromatic carbocycles. The van der Waals surface area contributed by atoms with Crippen LogP contribution in [-0.2, 0) is 10.0 Å². The normalized spacial score (nSPS) is 11.9. The summed E-state index contributed by atoms with van der Waals surface area (Å²) in [5.41, 5.74) is 2.82. The van der Waals surface area contributed by atoms with Crippen molar-refractivity contribution < 1.29 is 22.1 Å². The Morgan fingerprint density at radius 2 is 1.81 bits per heavy atom. The molecule has 32 heavy (non-hydrogen) atoms. The van der Waals surface area contributed by atoms with Crippen LogP contribution in [0.5, 0.6) is 0 Å². The van der Waals surface area contributed by atoms with Crippen LogP contribution >= 0.6 is 0 Å². The van der Waals surface area contributed by atoms with Gasteiger partial charge in [0.25, 0.3) is 5.69 Å². The Morgan fingerprint density at radius 3 is 2.44 bits per heavy atom. The summed E-state index contributed by atoms with van der Waals surface area (Å²) >= 11 is 0. The lowest BCUT2D eigenvalue weighted by molar-refractivity contribution is -0.384. The smallest absolute Gasteiger partial charge is 0.295 e. The number of benzene rings is 2. The lowest BCUT2D eigenvalue weighted by Crippen LogP contribution is -2.30. The van der Waals surface area contributed by atoms with E-state index in [1.54, 1.807) is 38.1 Å². The molecule has 11 heteroatoms. The molecule has 168 valence electrons. The monoisotopic (exact) mass is 460 g/mol. The molecule has 1 N–H and O–H groups in total. The van der Waals surface area contributed by atoms with E-state index in [9.17, 15) is 22.9 Å². The fourth-order valence-corrected chi connectivity index (χ4v) is 4.47. The molecule has 0 aliphatic heterocycles. The number of hydrazone groups is 1. The summed E-state index contributed by atoms with van der Waals surface area (Å²) in [5, 5.41) is 15.4. The van der Waals surface area contributed by atoms with Crippen LogP contribution in [0, 0.1) is 15.9 Å². The Bertz CT molecular complexity index is 1240. The number of furan rings is 1. The first kappa shape index (κ1) is 23.1. The number of hydrogen-bond donors (Lipinski definition) is 1. The highest BCUT2D eigenvalue weighted by Gasteiger charge is 2.25. The fourth-order valence-electron chi connectivity index (χ4n) is 2.99. The van der Waals surface area contributed by atoms with Crippen molar-refractivity contribution in [3.05, 3.63) is 76.3 Å². The van der Waals surface area contributed by atoms with Gasteiger partial charge in [0.15, 0.2) is 0 Å².